The van der Waals surface area contributed by atoms with E-state index >= 15 is 0 Å². The first-order valence-electron chi connectivity index (χ1n) is 8.20. The van der Waals surface area contributed by atoms with Gasteiger partial charge in [0.25, 0.3) is 5.82 Å². The van der Waals surface area contributed by atoms with E-state index in [0.717, 1.165) is 9.13 Å². The zero-order valence-electron chi connectivity index (χ0n) is 16.2. The molecule has 0 aliphatic rings. The number of rotatable bonds is 4. The standard InChI is InChI=1S/C16H15ClFIN2O2.CHF3O3S/c1-4-23-16(22)11-7-9(2)14(17)21(3)15(11)20-13-6-5-10(19)8-12(13)18;2-1(3,4)8(5,6)7/h5-8H,4H2,1-3H3;(H,5,6,7). The summed E-state index contributed by atoms with van der Waals surface area (Å²) < 4.78 is 80.5. The number of halogens is 6. The highest BCUT2D eigenvalue weighted by Gasteiger charge is 2.37. The minimum Gasteiger partial charge on any atom is -0.741 e. The van der Waals surface area contributed by atoms with Gasteiger partial charge >= 0.3 is 11.5 Å². The van der Waals surface area contributed by atoms with Crippen molar-refractivity contribution in [2.75, 3.05) is 11.9 Å². The number of pyridine rings is 1. The normalized spacial score (nSPS) is 11.4. The zero-order valence-corrected chi connectivity index (χ0v) is 19.9. The highest BCUT2D eigenvalue weighted by molar-refractivity contribution is 14.1. The third-order valence-electron chi connectivity index (χ3n) is 3.53. The van der Waals surface area contributed by atoms with Gasteiger partial charge in [0.15, 0.2) is 26.8 Å². The molecule has 14 heteroatoms. The highest BCUT2D eigenvalue weighted by Crippen LogP contribution is 2.25. The number of benzene rings is 1. The van der Waals surface area contributed by atoms with E-state index in [1.807, 2.05) is 22.6 Å². The second-order valence-electron chi connectivity index (χ2n) is 5.81. The fraction of sp³-hybridized carbons (Fsp3) is 0.294. The van der Waals surface area contributed by atoms with Crippen molar-refractivity contribution < 1.29 is 44.6 Å². The first kappa shape index (κ1) is 27.3. The third-order valence-corrected chi connectivity index (χ3v) is 5.32. The fourth-order valence-corrected chi connectivity index (χ4v) is 2.71. The van der Waals surface area contributed by atoms with E-state index in [2.05, 4.69) is 5.32 Å². The maximum atomic E-state index is 14.1. The molecule has 0 bridgehead atoms. The molecule has 0 aliphatic heterocycles. The van der Waals surface area contributed by atoms with Gasteiger partial charge in [-0.1, -0.05) is 0 Å². The Hall–Kier alpha value is -1.71. The largest absolute Gasteiger partial charge is 0.741 e. The van der Waals surface area contributed by atoms with Crippen molar-refractivity contribution in [3.8, 4) is 0 Å². The lowest BCUT2D eigenvalue weighted by Crippen LogP contribution is -2.36. The number of nitrogens with one attached hydrogen (secondary N) is 1. The number of carbonyl (C=O) groups is 1. The van der Waals surface area contributed by atoms with E-state index in [4.69, 9.17) is 29.3 Å². The zero-order chi connectivity index (χ0) is 24.1. The lowest BCUT2D eigenvalue weighted by molar-refractivity contribution is -0.655. The molecule has 0 saturated carbocycles. The molecule has 0 atom stereocenters. The van der Waals surface area contributed by atoms with E-state index in [-0.39, 0.29) is 12.3 Å². The molecular formula is C17H16ClF4IN2O5S. The van der Waals surface area contributed by atoms with Crippen LogP contribution in [-0.4, -0.2) is 31.1 Å². The van der Waals surface area contributed by atoms with Crippen LogP contribution in [-0.2, 0) is 21.9 Å². The molecular weight excluding hydrogens is 583 g/mol. The van der Waals surface area contributed by atoms with Gasteiger partial charge in [-0.2, -0.15) is 13.2 Å². The summed E-state index contributed by atoms with van der Waals surface area (Å²) in [6.45, 7) is 3.77. The molecule has 0 saturated heterocycles. The Morgan fingerprint density at radius 3 is 2.32 bits per heavy atom. The Bertz CT molecular complexity index is 1080. The van der Waals surface area contributed by atoms with E-state index in [1.165, 1.54) is 6.07 Å². The molecule has 31 heavy (non-hydrogen) atoms. The van der Waals surface area contributed by atoms with Crippen molar-refractivity contribution in [3.05, 3.63) is 49.9 Å². The number of hydrogen-bond donors (Lipinski definition) is 1. The van der Waals surface area contributed by atoms with E-state index in [1.54, 1.807) is 43.7 Å². The molecule has 2 rings (SSSR count). The van der Waals surface area contributed by atoms with Gasteiger partial charge in [0, 0.05) is 9.13 Å². The molecule has 1 aromatic heterocycles. The van der Waals surface area contributed by atoms with Gasteiger partial charge in [-0.05, 0) is 72.3 Å². The predicted molar refractivity (Wildman–Crippen MR) is 111 cm³/mol. The molecule has 0 radical (unpaired) electrons. The van der Waals surface area contributed by atoms with Crippen molar-refractivity contribution in [3.63, 3.8) is 0 Å². The Balaban J connectivity index is 0.000000512. The van der Waals surface area contributed by atoms with E-state index < -0.39 is 27.4 Å². The smallest absolute Gasteiger partial charge is 0.485 e. The molecule has 0 fully saturated rings. The van der Waals surface area contributed by atoms with Gasteiger partial charge in [0.05, 0.1) is 13.7 Å². The first-order chi connectivity index (χ1) is 14.1. The molecule has 1 heterocycles. The summed E-state index contributed by atoms with van der Waals surface area (Å²) in [5.41, 5.74) is -4.36. The van der Waals surface area contributed by atoms with Crippen molar-refractivity contribution in [2.24, 2.45) is 7.05 Å². The summed E-state index contributed by atoms with van der Waals surface area (Å²) in [4.78, 5) is 12.2. The average Bonchev–Trinajstić information content (AvgIpc) is 2.62. The molecule has 172 valence electrons. The summed E-state index contributed by atoms with van der Waals surface area (Å²) in [6.07, 6.45) is 0. The second-order valence-corrected chi connectivity index (χ2v) is 8.78. The monoisotopic (exact) mass is 598 g/mol. The summed E-state index contributed by atoms with van der Waals surface area (Å²) in [5.74, 6) is -0.529. The number of esters is 1. The van der Waals surface area contributed by atoms with Gasteiger partial charge in [-0.25, -0.2) is 27.5 Å². The van der Waals surface area contributed by atoms with Crippen LogP contribution in [0.1, 0.15) is 22.8 Å². The van der Waals surface area contributed by atoms with Crippen LogP contribution in [0.2, 0.25) is 5.15 Å². The highest BCUT2D eigenvalue weighted by atomic mass is 127. The molecule has 1 N–H and O–H groups in total. The molecule has 0 spiro atoms. The number of ether oxygens (including phenoxy) is 1. The first-order valence-corrected chi connectivity index (χ1v) is 11.1. The van der Waals surface area contributed by atoms with E-state index in [0.29, 0.717) is 16.5 Å². The van der Waals surface area contributed by atoms with Crippen LogP contribution in [0.5, 0.6) is 0 Å². The fourth-order valence-electron chi connectivity index (χ4n) is 2.12. The Morgan fingerprint density at radius 2 is 1.87 bits per heavy atom. The second kappa shape index (κ2) is 10.7. The van der Waals surface area contributed by atoms with Gasteiger partial charge in [0.2, 0.25) is 0 Å². The molecule has 2 aromatic rings. The number of carbonyl (C=O) groups excluding carboxylic acids is 1. The number of aryl methyl sites for hydroxylation is 1. The molecule has 7 nitrogen and oxygen atoms in total. The van der Waals surface area contributed by atoms with Crippen LogP contribution in [0.25, 0.3) is 0 Å². The van der Waals surface area contributed by atoms with Crippen LogP contribution in [0, 0.1) is 16.3 Å². The average molecular weight is 599 g/mol. The Kier molecular flexibility index (Phi) is 9.47. The number of aromatic nitrogens is 1. The van der Waals surface area contributed by atoms with Crippen LogP contribution in [0.4, 0.5) is 29.1 Å². The maximum absolute atomic E-state index is 14.1. The Morgan fingerprint density at radius 1 is 1.32 bits per heavy atom. The summed E-state index contributed by atoms with van der Waals surface area (Å²) in [5, 5.41) is 3.39. The van der Waals surface area contributed by atoms with Gasteiger partial charge in [-0.15, -0.1) is 0 Å². The lowest BCUT2D eigenvalue weighted by atomic mass is 10.2. The summed E-state index contributed by atoms with van der Waals surface area (Å²) in [6, 6.07) is 6.42. The predicted octanol–water partition coefficient (Wildman–Crippen LogP) is 4.19. The Labute approximate surface area is 194 Å². The third kappa shape index (κ3) is 7.43. The van der Waals surface area contributed by atoms with Crippen molar-refractivity contribution >= 4 is 61.8 Å². The SMILES string of the molecule is CCOC(=O)c1cc(C)c(Cl)[n+](C)c1Nc1ccc(I)cc1F.O=S(=O)([O-])C(F)(F)F. The summed E-state index contributed by atoms with van der Waals surface area (Å²) >= 11 is 8.27. The van der Waals surface area contributed by atoms with Crippen LogP contribution in [0.3, 0.4) is 0 Å². The van der Waals surface area contributed by atoms with Crippen LogP contribution >= 0.6 is 34.2 Å². The topological polar surface area (TPSA) is 99.4 Å². The van der Waals surface area contributed by atoms with Gasteiger partial charge in [-0.3, -0.25) is 0 Å². The van der Waals surface area contributed by atoms with Crippen molar-refractivity contribution in [1.29, 1.82) is 0 Å². The molecule has 1 aromatic carbocycles. The minimum absolute atomic E-state index is 0.252. The number of anilines is 2. The minimum atomic E-state index is -6.09. The van der Waals surface area contributed by atoms with Crippen molar-refractivity contribution in [1.82, 2.24) is 0 Å². The molecule has 0 unspecified atom stereocenters. The maximum Gasteiger partial charge on any atom is 0.485 e. The van der Waals surface area contributed by atoms with Crippen molar-refractivity contribution in [2.45, 2.75) is 19.4 Å². The summed E-state index contributed by atoms with van der Waals surface area (Å²) in [7, 11) is -4.39. The van der Waals surface area contributed by atoms with Gasteiger partial charge in [0.1, 0.15) is 5.56 Å². The molecule has 0 amide bonds. The van der Waals surface area contributed by atoms with Gasteiger partial charge < -0.3 is 9.29 Å². The van der Waals surface area contributed by atoms with E-state index in [9.17, 15) is 22.4 Å². The molecule has 0 aliphatic carbocycles. The van der Waals surface area contributed by atoms with Crippen LogP contribution in [0.15, 0.2) is 24.3 Å². The lowest BCUT2D eigenvalue weighted by Gasteiger charge is -2.12. The number of nitrogens with zero attached hydrogens (tertiary/aromatic N) is 1. The van der Waals surface area contributed by atoms with Crippen LogP contribution < -0.4 is 9.88 Å². The quantitative estimate of drug-likeness (QED) is 0.108. The number of hydrogen-bond acceptors (Lipinski definition) is 6. The number of alkyl halides is 3.